The number of hydrogen-bond donors (Lipinski definition) is 2. The molecule has 1 unspecified atom stereocenters. The topological polar surface area (TPSA) is 69.6 Å². The van der Waals surface area contributed by atoms with E-state index in [1.807, 2.05) is 11.8 Å². The van der Waals surface area contributed by atoms with Gasteiger partial charge < -0.3 is 10.4 Å². The van der Waals surface area contributed by atoms with Gasteiger partial charge in [-0.3, -0.25) is 14.5 Å². The Balaban J connectivity index is 2.47. The summed E-state index contributed by atoms with van der Waals surface area (Å²) < 4.78 is 0. The highest BCUT2D eigenvalue weighted by Gasteiger charge is 2.23. The first kappa shape index (κ1) is 11.0. The third-order valence-electron chi connectivity index (χ3n) is 2.46. The lowest BCUT2D eigenvalue weighted by Crippen LogP contribution is -2.42. The summed E-state index contributed by atoms with van der Waals surface area (Å²) in [6.07, 6.45) is 0.979. The summed E-state index contributed by atoms with van der Waals surface area (Å²) in [4.78, 5) is 23.7. The third kappa shape index (κ3) is 2.99. The van der Waals surface area contributed by atoms with Crippen molar-refractivity contribution in [3.8, 4) is 0 Å². The molecule has 1 aliphatic heterocycles. The van der Waals surface area contributed by atoms with Gasteiger partial charge in [0.25, 0.3) is 0 Å². The molecular weight excluding hydrogens is 184 g/mol. The molecule has 0 spiro atoms. The van der Waals surface area contributed by atoms with Crippen LogP contribution in [0.4, 0.5) is 0 Å². The van der Waals surface area contributed by atoms with E-state index in [1.165, 1.54) is 0 Å². The molecule has 1 fully saturated rings. The maximum atomic E-state index is 11.4. The van der Waals surface area contributed by atoms with Gasteiger partial charge in [-0.05, 0) is 13.3 Å². The van der Waals surface area contributed by atoms with Crippen molar-refractivity contribution >= 4 is 11.9 Å². The lowest BCUT2D eigenvalue weighted by atomic mass is 10.2. The van der Waals surface area contributed by atoms with E-state index in [0.717, 1.165) is 13.0 Å². The molecule has 1 atom stereocenters. The minimum atomic E-state index is -0.818. The zero-order valence-corrected chi connectivity index (χ0v) is 8.32. The highest BCUT2D eigenvalue weighted by Crippen LogP contribution is 2.05. The number of carbonyl (C=O) groups is 2. The Labute approximate surface area is 83.1 Å². The van der Waals surface area contributed by atoms with Crippen molar-refractivity contribution in [2.45, 2.75) is 25.8 Å². The fourth-order valence-electron chi connectivity index (χ4n) is 1.55. The van der Waals surface area contributed by atoms with Crippen molar-refractivity contribution in [1.82, 2.24) is 10.2 Å². The number of aliphatic carboxylic acids is 1. The van der Waals surface area contributed by atoms with E-state index in [9.17, 15) is 9.59 Å². The third-order valence-corrected chi connectivity index (χ3v) is 2.46. The van der Waals surface area contributed by atoms with Crippen molar-refractivity contribution in [2.24, 2.45) is 0 Å². The van der Waals surface area contributed by atoms with E-state index < -0.39 is 5.97 Å². The average molecular weight is 200 g/mol. The second-order valence-electron chi connectivity index (χ2n) is 3.50. The van der Waals surface area contributed by atoms with Gasteiger partial charge in [0.15, 0.2) is 0 Å². The molecule has 5 heteroatoms. The SMILES string of the molecule is CC1C(=O)NCCCN1CCC(=O)O. The lowest BCUT2D eigenvalue weighted by molar-refractivity contribution is -0.138. The smallest absolute Gasteiger partial charge is 0.304 e. The summed E-state index contributed by atoms with van der Waals surface area (Å²) in [5.41, 5.74) is 0. The minimum absolute atomic E-state index is 0.00658. The van der Waals surface area contributed by atoms with Gasteiger partial charge in [-0.15, -0.1) is 0 Å². The van der Waals surface area contributed by atoms with Crippen LogP contribution in [0.15, 0.2) is 0 Å². The van der Waals surface area contributed by atoms with Gasteiger partial charge in [0, 0.05) is 19.6 Å². The molecule has 1 amide bonds. The second-order valence-corrected chi connectivity index (χ2v) is 3.50. The molecule has 5 nitrogen and oxygen atoms in total. The lowest BCUT2D eigenvalue weighted by Gasteiger charge is -2.24. The number of hydrogen-bond acceptors (Lipinski definition) is 3. The molecule has 0 aromatic carbocycles. The van der Waals surface area contributed by atoms with Crippen molar-refractivity contribution < 1.29 is 14.7 Å². The van der Waals surface area contributed by atoms with Crippen LogP contribution in [0.25, 0.3) is 0 Å². The summed E-state index contributed by atoms with van der Waals surface area (Å²) in [6.45, 7) is 3.73. The molecule has 1 rings (SSSR count). The van der Waals surface area contributed by atoms with E-state index in [0.29, 0.717) is 13.1 Å². The van der Waals surface area contributed by atoms with Gasteiger partial charge in [0.05, 0.1) is 12.5 Å². The second kappa shape index (κ2) is 4.95. The molecule has 1 saturated heterocycles. The Kier molecular flexibility index (Phi) is 3.88. The van der Waals surface area contributed by atoms with Gasteiger partial charge >= 0.3 is 5.97 Å². The maximum absolute atomic E-state index is 11.4. The molecule has 2 N–H and O–H groups in total. The summed E-state index contributed by atoms with van der Waals surface area (Å²) in [7, 11) is 0. The van der Waals surface area contributed by atoms with Crippen molar-refractivity contribution in [3.63, 3.8) is 0 Å². The van der Waals surface area contributed by atoms with Crippen LogP contribution in [0.3, 0.4) is 0 Å². The first-order valence-electron chi connectivity index (χ1n) is 4.85. The van der Waals surface area contributed by atoms with Crippen LogP contribution in [0.1, 0.15) is 19.8 Å². The Morgan fingerprint density at radius 2 is 2.43 bits per heavy atom. The van der Waals surface area contributed by atoms with Crippen LogP contribution in [0.2, 0.25) is 0 Å². The van der Waals surface area contributed by atoms with E-state index in [4.69, 9.17) is 5.11 Å². The molecule has 0 bridgehead atoms. The largest absolute Gasteiger partial charge is 0.481 e. The molecule has 1 aliphatic rings. The van der Waals surface area contributed by atoms with Crippen molar-refractivity contribution in [1.29, 1.82) is 0 Å². The van der Waals surface area contributed by atoms with Crippen LogP contribution < -0.4 is 5.32 Å². The predicted molar refractivity (Wildman–Crippen MR) is 50.9 cm³/mol. The van der Waals surface area contributed by atoms with Crippen molar-refractivity contribution in [3.05, 3.63) is 0 Å². The highest BCUT2D eigenvalue weighted by atomic mass is 16.4. The number of nitrogens with one attached hydrogen (secondary N) is 1. The fourth-order valence-corrected chi connectivity index (χ4v) is 1.55. The van der Waals surface area contributed by atoms with Gasteiger partial charge in [0.1, 0.15) is 0 Å². The van der Waals surface area contributed by atoms with Crippen LogP contribution in [-0.4, -0.2) is 47.6 Å². The number of nitrogens with zero attached hydrogens (tertiary/aromatic N) is 1. The molecular formula is C9H16N2O3. The number of carbonyl (C=O) groups excluding carboxylic acids is 1. The average Bonchev–Trinajstić information content (AvgIpc) is 2.28. The number of carboxylic acids is 1. The molecule has 0 aromatic heterocycles. The quantitative estimate of drug-likeness (QED) is 0.654. The number of amides is 1. The zero-order chi connectivity index (χ0) is 10.6. The Morgan fingerprint density at radius 3 is 3.07 bits per heavy atom. The first-order valence-corrected chi connectivity index (χ1v) is 4.85. The van der Waals surface area contributed by atoms with Crippen LogP contribution in [0, 0.1) is 0 Å². The van der Waals surface area contributed by atoms with E-state index in [1.54, 1.807) is 0 Å². The van der Waals surface area contributed by atoms with E-state index >= 15 is 0 Å². The molecule has 0 saturated carbocycles. The molecule has 0 radical (unpaired) electrons. The van der Waals surface area contributed by atoms with Crippen LogP contribution in [-0.2, 0) is 9.59 Å². The van der Waals surface area contributed by atoms with Gasteiger partial charge in [-0.1, -0.05) is 0 Å². The van der Waals surface area contributed by atoms with Gasteiger partial charge in [-0.2, -0.15) is 0 Å². The summed E-state index contributed by atoms with van der Waals surface area (Å²) in [6, 6.07) is -0.211. The maximum Gasteiger partial charge on any atom is 0.304 e. The number of rotatable bonds is 3. The fraction of sp³-hybridized carbons (Fsp3) is 0.778. The Morgan fingerprint density at radius 1 is 1.71 bits per heavy atom. The zero-order valence-electron chi connectivity index (χ0n) is 8.32. The monoisotopic (exact) mass is 200 g/mol. The summed E-state index contributed by atoms with van der Waals surface area (Å²) in [5, 5.41) is 11.3. The Hall–Kier alpha value is -1.10. The van der Waals surface area contributed by atoms with E-state index in [-0.39, 0.29) is 18.4 Å². The van der Waals surface area contributed by atoms with Crippen LogP contribution in [0.5, 0.6) is 0 Å². The van der Waals surface area contributed by atoms with Gasteiger partial charge in [0.2, 0.25) is 5.91 Å². The van der Waals surface area contributed by atoms with Crippen LogP contribution >= 0.6 is 0 Å². The summed E-state index contributed by atoms with van der Waals surface area (Å²) in [5.74, 6) is -0.824. The summed E-state index contributed by atoms with van der Waals surface area (Å²) >= 11 is 0. The minimum Gasteiger partial charge on any atom is -0.481 e. The van der Waals surface area contributed by atoms with Crippen molar-refractivity contribution in [2.75, 3.05) is 19.6 Å². The van der Waals surface area contributed by atoms with E-state index in [2.05, 4.69) is 5.32 Å². The first-order chi connectivity index (χ1) is 6.61. The normalized spacial score (nSPS) is 24.1. The molecule has 0 aromatic rings. The number of carboxylic acid groups (broad SMARTS) is 1. The Bertz CT molecular complexity index is 230. The van der Waals surface area contributed by atoms with Gasteiger partial charge in [-0.25, -0.2) is 0 Å². The predicted octanol–water partition coefficient (Wildman–Crippen LogP) is -0.328. The molecule has 0 aliphatic carbocycles. The molecule has 14 heavy (non-hydrogen) atoms. The molecule has 80 valence electrons. The standard InChI is InChI=1S/C9H16N2O3/c1-7-9(14)10-4-2-5-11(7)6-3-8(12)13/h7H,2-6H2,1H3,(H,10,14)(H,12,13). The highest BCUT2D eigenvalue weighted by molar-refractivity contribution is 5.81. The molecule has 1 heterocycles.